The molecule has 0 fully saturated rings. The lowest BCUT2D eigenvalue weighted by molar-refractivity contribution is -0.139. The highest BCUT2D eigenvalue weighted by atomic mass is 79.9. The van der Waals surface area contributed by atoms with Gasteiger partial charge < -0.3 is 9.62 Å². The summed E-state index contributed by atoms with van der Waals surface area (Å²) in [6, 6.07) is 13.9. The first-order valence-corrected chi connectivity index (χ1v) is 9.16. The van der Waals surface area contributed by atoms with Crippen molar-refractivity contribution in [3.05, 3.63) is 64.7 Å². The molecule has 1 unspecified atom stereocenters. The second-order valence-corrected chi connectivity index (χ2v) is 7.04. The topological polar surface area (TPSA) is 38.7 Å². The van der Waals surface area contributed by atoms with Crippen LogP contribution in [0, 0.1) is 0 Å². The standard InChI is InChI=1S/C20H25BrO3/c1-4-8-15-12-16(9-5-2)14-17(13-15)20(21,23-3)18-10-6-7-11-19(18)24-22/h6-7,10-14,22H,4-5,8-9H2,1-3H3. The average Bonchev–Trinajstić information content (AvgIpc) is 2.61. The van der Waals surface area contributed by atoms with Crippen LogP contribution in [0.2, 0.25) is 0 Å². The highest BCUT2D eigenvalue weighted by Crippen LogP contribution is 2.44. The summed E-state index contributed by atoms with van der Waals surface area (Å²) in [6.45, 7) is 4.36. The van der Waals surface area contributed by atoms with Gasteiger partial charge in [-0.3, -0.25) is 0 Å². The molecule has 2 aromatic rings. The fourth-order valence-corrected chi connectivity index (χ4v) is 3.57. The Morgan fingerprint density at radius 1 is 1.00 bits per heavy atom. The van der Waals surface area contributed by atoms with Crippen LogP contribution in [0.25, 0.3) is 0 Å². The molecule has 0 amide bonds. The fraction of sp³-hybridized carbons (Fsp3) is 0.400. The van der Waals surface area contributed by atoms with Crippen LogP contribution in [-0.2, 0) is 22.1 Å². The third-order valence-electron chi connectivity index (χ3n) is 4.11. The van der Waals surface area contributed by atoms with Crippen molar-refractivity contribution in [2.24, 2.45) is 0 Å². The van der Waals surface area contributed by atoms with E-state index in [-0.39, 0.29) is 0 Å². The number of aryl methyl sites for hydroxylation is 2. The molecule has 130 valence electrons. The maximum atomic E-state index is 9.23. The molecular weight excluding hydrogens is 368 g/mol. The Bertz CT molecular complexity index is 647. The second kappa shape index (κ2) is 8.65. The molecule has 3 nitrogen and oxygen atoms in total. The molecule has 0 saturated heterocycles. The number of para-hydroxylation sites is 1. The quantitative estimate of drug-likeness (QED) is 0.356. The van der Waals surface area contributed by atoms with Crippen molar-refractivity contribution in [3.63, 3.8) is 0 Å². The number of ether oxygens (including phenoxy) is 1. The van der Waals surface area contributed by atoms with E-state index in [1.54, 1.807) is 13.2 Å². The Morgan fingerprint density at radius 2 is 1.58 bits per heavy atom. The van der Waals surface area contributed by atoms with Gasteiger partial charge >= 0.3 is 0 Å². The lowest BCUT2D eigenvalue weighted by atomic mass is 9.94. The Morgan fingerprint density at radius 3 is 2.08 bits per heavy atom. The summed E-state index contributed by atoms with van der Waals surface area (Å²) in [5, 5.41) is 9.23. The summed E-state index contributed by atoms with van der Waals surface area (Å²) >= 11 is 3.75. The summed E-state index contributed by atoms with van der Waals surface area (Å²) in [5.41, 5.74) is 4.32. The highest BCUT2D eigenvalue weighted by molar-refractivity contribution is 9.09. The van der Waals surface area contributed by atoms with Crippen molar-refractivity contribution in [1.82, 2.24) is 0 Å². The van der Waals surface area contributed by atoms with E-state index in [2.05, 4.69) is 52.9 Å². The number of halogens is 1. The van der Waals surface area contributed by atoms with Gasteiger partial charge in [0.05, 0.1) is 0 Å². The van der Waals surface area contributed by atoms with E-state index in [4.69, 9.17) is 4.74 Å². The summed E-state index contributed by atoms with van der Waals surface area (Å²) in [5.74, 6) is 0.370. The van der Waals surface area contributed by atoms with Crippen LogP contribution in [0.1, 0.15) is 48.9 Å². The van der Waals surface area contributed by atoms with Gasteiger partial charge in [-0.05, 0) is 51.5 Å². The lowest BCUT2D eigenvalue weighted by Crippen LogP contribution is -2.23. The van der Waals surface area contributed by atoms with Crippen LogP contribution < -0.4 is 4.89 Å². The highest BCUT2D eigenvalue weighted by Gasteiger charge is 2.35. The maximum Gasteiger partial charge on any atom is 0.176 e. The first kappa shape index (κ1) is 19.0. The van der Waals surface area contributed by atoms with Gasteiger partial charge in [0, 0.05) is 12.7 Å². The van der Waals surface area contributed by atoms with E-state index in [0.29, 0.717) is 5.75 Å². The molecule has 0 aliphatic rings. The van der Waals surface area contributed by atoms with Gasteiger partial charge in [-0.15, -0.1) is 0 Å². The van der Waals surface area contributed by atoms with Crippen molar-refractivity contribution in [2.45, 2.75) is 44.0 Å². The number of benzene rings is 2. The summed E-state index contributed by atoms with van der Waals surface area (Å²) in [4.78, 5) is 4.56. The van der Waals surface area contributed by atoms with Gasteiger partial charge in [-0.1, -0.05) is 63.1 Å². The lowest BCUT2D eigenvalue weighted by Gasteiger charge is -2.29. The smallest absolute Gasteiger partial charge is 0.176 e. The monoisotopic (exact) mass is 392 g/mol. The average molecular weight is 393 g/mol. The number of hydrogen-bond acceptors (Lipinski definition) is 3. The minimum absolute atomic E-state index is 0.370. The van der Waals surface area contributed by atoms with Crippen molar-refractivity contribution in [2.75, 3.05) is 7.11 Å². The summed E-state index contributed by atoms with van der Waals surface area (Å²) < 4.78 is 4.97. The van der Waals surface area contributed by atoms with Crippen molar-refractivity contribution in [1.29, 1.82) is 0 Å². The molecule has 1 atom stereocenters. The van der Waals surface area contributed by atoms with Crippen molar-refractivity contribution >= 4 is 15.9 Å². The van der Waals surface area contributed by atoms with E-state index in [1.807, 2.05) is 18.2 Å². The van der Waals surface area contributed by atoms with Crippen LogP contribution in [0.15, 0.2) is 42.5 Å². The Hall–Kier alpha value is -1.36. The van der Waals surface area contributed by atoms with Crippen LogP contribution >= 0.6 is 15.9 Å². The van der Waals surface area contributed by atoms with Crippen LogP contribution in [0.4, 0.5) is 0 Å². The molecule has 2 rings (SSSR count). The Balaban J connectivity index is 2.59. The Labute approximate surface area is 152 Å². The first-order valence-electron chi connectivity index (χ1n) is 8.37. The molecular formula is C20H25BrO3. The molecule has 24 heavy (non-hydrogen) atoms. The number of methoxy groups -OCH3 is 1. The number of alkyl halides is 1. The third kappa shape index (κ3) is 4.00. The van der Waals surface area contributed by atoms with Gasteiger partial charge in [-0.2, -0.15) is 0 Å². The number of rotatable bonds is 8. The minimum atomic E-state index is -0.876. The second-order valence-electron chi connectivity index (χ2n) is 5.93. The molecule has 0 aliphatic heterocycles. The van der Waals surface area contributed by atoms with Gasteiger partial charge in [0.1, 0.15) is 0 Å². The zero-order chi connectivity index (χ0) is 17.6. The minimum Gasteiger partial charge on any atom is -0.358 e. The largest absolute Gasteiger partial charge is 0.358 e. The van der Waals surface area contributed by atoms with Crippen LogP contribution in [-0.4, -0.2) is 12.4 Å². The van der Waals surface area contributed by atoms with E-state index >= 15 is 0 Å². The molecule has 1 N–H and O–H groups in total. The van der Waals surface area contributed by atoms with Gasteiger partial charge in [-0.25, -0.2) is 5.26 Å². The Kier molecular flexibility index (Phi) is 6.84. The normalized spacial score (nSPS) is 13.5. The van der Waals surface area contributed by atoms with Gasteiger partial charge in [0.15, 0.2) is 10.3 Å². The van der Waals surface area contributed by atoms with Crippen LogP contribution in [0.5, 0.6) is 5.75 Å². The SMILES string of the molecule is CCCc1cc(CCC)cc(C(Br)(OC)c2ccccc2OO)c1. The first-order chi connectivity index (χ1) is 11.6. The molecule has 0 aliphatic carbocycles. The van der Waals surface area contributed by atoms with Crippen molar-refractivity contribution in [3.8, 4) is 5.75 Å². The zero-order valence-electron chi connectivity index (χ0n) is 14.5. The predicted octanol–water partition coefficient (Wildman–Crippen LogP) is 5.69. The zero-order valence-corrected chi connectivity index (χ0v) is 16.1. The molecule has 0 heterocycles. The van der Waals surface area contributed by atoms with E-state index in [9.17, 15) is 5.26 Å². The van der Waals surface area contributed by atoms with E-state index < -0.39 is 4.51 Å². The van der Waals surface area contributed by atoms with E-state index in [1.165, 1.54) is 11.1 Å². The molecule has 0 aromatic heterocycles. The molecule has 0 saturated carbocycles. The molecule has 0 spiro atoms. The predicted molar refractivity (Wildman–Crippen MR) is 101 cm³/mol. The van der Waals surface area contributed by atoms with Crippen molar-refractivity contribution < 1.29 is 14.9 Å². The van der Waals surface area contributed by atoms with Gasteiger partial charge in [0.25, 0.3) is 0 Å². The van der Waals surface area contributed by atoms with Crippen LogP contribution in [0.3, 0.4) is 0 Å². The third-order valence-corrected chi connectivity index (χ3v) is 5.32. The van der Waals surface area contributed by atoms with Gasteiger partial charge in [0.2, 0.25) is 0 Å². The number of hydrogen-bond donors (Lipinski definition) is 1. The maximum absolute atomic E-state index is 9.23. The molecule has 2 aromatic carbocycles. The van der Waals surface area contributed by atoms with E-state index in [0.717, 1.165) is 36.8 Å². The molecule has 0 radical (unpaired) electrons. The molecule has 4 heteroatoms. The fourth-order valence-electron chi connectivity index (χ4n) is 3.01. The summed E-state index contributed by atoms with van der Waals surface area (Å²) in [6.07, 6.45) is 4.23. The molecule has 0 bridgehead atoms. The summed E-state index contributed by atoms with van der Waals surface area (Å²) in [7, 11) is 1.65.